The van der Waals surface area contributed by atoms with Gasteiger partial charge in [-0.05, 0) is 35.9 Å². The lowest BCUT2D eigenvalue weighted by atomic mass is 10.0. The first-order valence-corrected chi connectivity index (χ1v) is 8.12. The molecular formula is C19H20N4O3. The van der Waals surface area contributed by atoms with E-state index in [2.05, 4.69) is 15.7 Å². The summed E-state index contributed by atoms with van der Waals surface area (Å²) in [7, 11) is 1.55. The third-order valence-electron chi connectivity index (χ3n) is 4.22. The quantitative estimate of drug-likeness (QED) is 0.306. The zero-order valence-electron chi connectivity index (χ0n) is 14.3. The van der Waals surface area contributed by atoms with Crippen molar-refractivity contribution in [2.24, 2.45) is 5.84 Å². The van der Waals surface area contributed by atoms with Gasteiger partial charge in [-0.25, -0.2) is 5.84 Å². The number of aromatic amines is 1. The van der Waals surface area contributed by atoms with Crippen molar-refractivity contribution in [1.82, 2.24) is 15.7 Å². The molecule has 1 heterocycles. The van der Waals surface area contributed by atoms with E-state index in [4.69, 9.17) is 10.6 Å². The van der Waals surface area contributed by atoms with Crippen molar-refractivity contribution < 1.29 is 14.3 Å². The molecule has 0 aliphatic rings. The highest BCUT2D eigenvalue weighted by Gasteiger charge is 2.22. The van der Waals surface area contributed by atoms with Crippen LogP contribution in [0.5, 0.6) is 5.75 Å². The lowest BCUT2D eigenvalue weighted by Crippen LogP contribution is -2.50. The normalized spacial score (nSPS) is 11.8. The van der Waals surface area contributed by atoms with E-state index >= 15 is 0 Å². The Morgan fingerprint density at radius 3 is 2.58 bits per heavy atom. The van der Waals surface area contributed by atoms with Gasteiger partial charge in [-0.3, -0.25) is 15.0 Å². The van der Waals surface area contributed by atoms with E-state index in [1.165, 1.54) is 0 Å². The van der Waals surface area contributed by atoms with Gasteiger partial charge in [0.25, 0.3) is 11.8 Å². The van der Waals surface area contributed by atoms with E-state index in [0.29, 0.717) is 17.7 Å². The number of carbonyl (C=O) groups excluding carboxylic acids is 2. The SMILES string of the molecule is COc1ccc(C(=O)N[C@@H](Cc2c[nH]c3ccccc23)C(=O)NN)cc1. The van der Waals surface area contributed by atoms with Crippen molar-refractivity contribution in [2.75, 3.05) is 7.11 Å². The molecule has 0 spiro atoms. The van der Waals surface area contributed by atoms with E-state index in [1.807, 2.05) is 30.5 Å². The molecule has 0 bridgehead atoms. The van der Waals surface area contributed by atoms with Crippen LogP contribution in [-0.2, 0) is 11.2 Å². The number of amides is 2. The first kappa shape index (κ1) is 17.5. The van der Waals surface area contributed by atoms with Gasteiger partial charge in [0.05, 0.1) is 7.11 Å². The summed E-state index contributed by atoms with van der Waals surface area (Å²) in [5.74, 6) is 5.12. The predicted molar refractivity (Wildman–Crippen MR) is 98.6 cm³/mol. The van der Waals surface area contributed by atoms with Gasteiger partial charge in [0.1, 0.15) is 11.8 Å². The smallest absolute Gasteiger partial charge is 0.256 e. The van der Waals surface area contributed by atoms with Crippen molar-refractivity contribution >= 4 is 22.7 Å². The second-order valence-corrected chi connectivity index (χ2v) is 5.83. The molecule has 2 amide bonds. The number of nitrogens with one attached hydrogen (secondary N) is 3. The molecule has 3 aromatic rings. The molecule has 5 N–H and O–H groups in total. The van der Waals surface area contributed by atoms with Gasteiger partial charge in [-0.1, -0.05) is 18.2 Å². The minimum atomic E-state index is -0.797. The first-order chi connectivity index (χ1) is 12.6. The van der Waals surface area contributed by atoms with E-state index in [1.54, 1.807) is 31.4 Å². The van der Waals surface area contributed by atoms with Gasteiger partial charge in [-0.15, -0.1) is 0 Å². The van der Waals surface area contributed by atoms with Crippen molar-refractivity contribution in [3.8, 4) is 5.75 Å². The van der Waals surface area contributed by atoms with E-state index in [9.17, 15) is 9.59 Å². The highest BCUT2D eigenvalue weighted by Crippen LogP contribution is 2.19. The van der Waals surface area contributed by atoms with Crippen LogP contribution in [0.3, 0.4) is 0 Å². The van der Waals surface area contributed by atoms with E-state index in [0.717, 1.165) is 16.5 Å². The van der Waals surface area contributed by atoms with Crippen molar-refractivity contribution in [3.63, 3.8) is 0 Å². The van der Waals surface area contributed by atoms with Crippen LogP contribution in [0.2, 0.25) is 0 Å². The lowest BCUT2D eigenvalue weighted by molar-refractivity contribution is -0.123. The minimum absolute atomic E-state index is 0.314. The number of H-pyrrole nitrogens is 1. The van der Waals surface area contributed by atoms with Gasteiger partial charge < -0.3 is 15.0 Å². The number of benzene rings is 2. The summed E-state index contributed by atoms with van der Waals surface area (Å²) in [6.07, 6.45) is 2.15. The minimum Gasteiger partial charge on any atom is -0.497 e. The summed E-state index contributed by atoms with van der Waals surface area (Å²) in [4.78, 5) is 27.8. The molecule has 134 valence electrons. The number of methoxy groups -OCH3 is 1. The highest BCUT2D eigenvalue weighted by molar-refractivity contribution is 5.98. The third-order valence-corrected chi connectivity index (χ3v) is 4.22. The summed E-state index contributed by atoms with van der Waals surface area (Å²) in [5.41, 5.74) is 4.44. The summed E-state index contributed by atoms with van der Waals surface area (Å²) in [6, 6.07) is 13.6. The Hall–Kier alpha value is -3.32. The molecule has 7 nitrogen and oxygen atoms in total. The van der Waals surface area contributed by atoms with Gasteiger partial charge in [0, 0.05) is 29.1 Å². The number of carbonyl (C=O) groups is 2. The lowest BCUT2D eigenvalue weighted by Gasteiger charge is -2.17. The number of ether oxygens (including phenoxy) is 1. The van der Waals surface area contributed by atoms with Crippen molar-refractivity contribution in [2.45, 2.75) is 12.5 Å². The zero-order chi connectivity index (χ0) is 18.5. The van der Waals surface area contributed by atoms with Gasteiger partial charge in [-0.2, -0.15) is 0 Å². The number of rotatable bonds is 6. The Kier molecular flexibility index (Phi) is 5.19. The van der Waals surface area contributed by atoms with Gasteiger partial charge in [0.2, 0.25) is 0 Å². The molecule has 1 aromatic heterocycles. The van der Waals surface area contributed by atoms with Gasteiger partial charge >= 0.3 is 0 Å². The van der Waals surface area contributed by atoms with Crippen LogP contribution >= 0.6 is 0 Å². The van der Waals surface area contributed by atoms with Crippen LogP contribution in [-0.4, -0.2) is 29.9 Å². The highest BCUT2D eigenvalue weighted by atomic mass is 16.5. The molecule has 0 radical (unpaired) electrons. The Balaban J connectivity index is 1.79. The van der Waals surface area contributed by atoms with E-state index < -0.39 is 11.9 Å². The van der Waals surface area contributed by atoms with Gasteiger partial charge in [0.15, 0.2) is 0 Å². The summed E-state index contributed by atoms with van der Waals surface area (Å²) in [6.45, 7) is 0. The van der Waals surface area contributed by atoms with Crippen LogP contribution in [0.25, 0.3) is 10.9 Å². The summed E-state index contributed by atoms with van der Waals surface area (Å²) < 4.78 is 5.08. The second-order valence-electron chi connectivity index (χ2n) is 5.83. The molecule has 0 saturated carbocycles. The van der Waals surface area contributed by atoms with Crippen molar-refractivity contribution in [1.29, 1.82) is 0 Å². The predicted octanol–water partition coefficient (Wildman–Crippen LogP) is 1.51. The molecule has 0 fully saturated rings. The van der Waals surface area contributed by atoms with Crippen LogP contribution < -0.4 is 21.3 Å². The van der Waals surface area contributed by atoms with Crippen LogP contribution in [0.15, 0.2) is 54.7 Å². The Bertz CT molecular complexity index is 918. The Morgan fingerprint density at radius 2 is 1.88 bits per heavy atom. The fraction of sp³-hybridized carbons (Fsp3) is 0.158. The number of hydrazine groups is 1. The summed E-state index contributed by atoms with van der Waals surface area (Å²) >= 11 is 0. The number of aromatic nitrogens is 1. The fourth-order valence-corrected chi connectivity index (χ4v) is 2.81. The number of fused-ring (bicyclic) bond motifs is 1. The van der Waals surface area contributed by atoms with Crippen LogP contribution in [0.1, 0.15) is 15.9 Å². The molecule has 3 rings (SSSR count). The van der Waals surface area contributed by atoms with E-state index in [-0.39, 0.29) is 5.91 Å². The number of para-hydroxylation sites is 1. The average Bonchev–Trinajstić information content (AvgIpc) is 3.09. The molecule has 0 aliphatic carbocycles. The largest absolute Gasteiger partial charge is 0.497 e. The zero-order valence-corrected chi connectivity index (χ0v) is 14.3. The molecule has 0 saturated heterocycles. The Morgan fingerprint density at radius 1 is 1.15 bits per heavy atom. The molecule has 7 heteroatoms. The average molecular weight is 352 g/mol. The maximum atomic E-state index is 12.5. The fourth-order valence-electron chi connectivity index (χ4n) is 2.81. The molecule has 0 aliphatic heterocycles. The Labute approximate surface area is 150 Å². The number of hydrogen-bond acceptors (Lipinski definition) is 4. The van der Waals surface area contributed by atoms with Crippen LogP contribution in [0, 0.1) is 0 Å². The monoisotopic (exact) mass is 352 g/mol. The molecule has 26 heavy (non-hydrogen) atoms. The molecule has 1 atom stereocenters. The first-order valence-electron chi connectivity index (χ1n) is 8.12. The maximum Gasteiger partial charge on any atom is 0.256 e. The van der Waals surface area contributed by atoms with Crippen molar-refractivity contribution in [3.05, 3.63) is 65.9 Å². The topological polar surface area (TPSA) is 109 Å². The molecule has 0 unspecified atom stereocenters. The molecule has 2 aromatic carbocycles. The number of hydrogen-bond donors (Lipinski definition) is 4. The standard InChI is InChI=1S/C19H20N4O3/c1-26-14-8-6-12(7-9-14)18(24)22-17(19(25)23-20)10-13-11-21-16-5-3-2-4-15(13)16/h2-9,11,17,21H,10,20H2,1H3,(H,22,24)(H,23,25)/t17-/m0/s1. The third kappa shape index (κ3) is 3.68. The van der Waals surface area contributed by atoms with Crippen LogP contribution in [0.4, 0.5) is 0 Å². The second kappa shape index (κ2) is 7.71. The summed E-state index contributed by atoms with van der Waals surface area (Å²) in [5, 5.41) is 3.74. The number of nitrogens with two attached hydrogens (primary N) is 1. The maximum absolute atomic E-state index is 12.5. The molecular weight excluding hydrogens is 332 g/mol.